The van der Waals surface area contributed by atoms with Crippen molar-refractivity contribution in [1.82, 2.24) is 5.32 Å². The number of hydrogen-bond acceptors (Lipinski definition) is 6. The second-order valence-corrected chi connectivity index (χ2v) is 28.3. The maximum atomic E-state index is 13.6. The van der Waals surface area contributed by atoms with Gasteiger partial charge in [0.2, 0.25) is 5.91 Å². The summed E-state index contributed by atoms with van der Waals surface area (Å²) < 4.78 is 30.9. The van der Waals surface area contributed by atoms with Crippen LogP contribution in [0.25, 0.3) is 0 Å². The second kappa shape index (κ2) is 66.6. The molecular weight excluding hydrogens is 1100 g/mol. The van der Waals surface area contributed by atoms with Crippen LogP contribution in [0, 0.1) is 0 Å². The first-order valence-electron chi connectivity index (χ1n) is 37.6. The van der Waals surface area contributed by atoms with Gasteiger partial charge in [0, 0.05) is 12.8 Å². The smallest absolute Gasteiger partial charge is 0.456 e. The number of esters is 1. The van der Waals surface area contributed by atoms with Gasteiger partial charge in [-0.2, -0.15) is 0 Å². The van der Waals surface area contributed by atoms with Crippen molar-refractivity contribution in [3.8, 4) is 0 Å². The number of amides is 1. The van der Waals surface area contributed by atoms with Crippen LogP contribution in [0.5, 0.6) is 0 Å². The number of phosphoric acid groups is 1. The Labute approximate surface area is 541 Å². The van der Waals surface area contributed by atoms with Gasteiger partial charge in [-0.15, -0.1) is 0 Å². The summed E-state index contributed by atoms with van der Waals surface area (Å²) in [6.45, 7) is 7.03. The van der Waals surface area contributed by atoms with Crippen molar-refractivity contribution in [3.05, 3.63) is 60.8 Å². The van der Waals surface area contributed by atoms with E-state index in [1.165, 1.54) is 250 Å². The fourth-order valence-electron chi connectivity index (χ4n) is 11.1. The zero-order chi connectivity index (χ0) is 63.5. The zero-order valence-corrected chi connectivity index (χ0v) is 59.4. The van der Waals surface area contributed by atoms with Crippen LogP contribution in [0.2, 0.25) is 0 Å². The first kappa shape index (κ1) is 84.7. The Bertz CT molecular complexity index is 1670. The highest BCUT2D eigenvalue weighted by Gasteiger charge is 2.30. The van der Waals surface area contributed by atoms with Crippen LogP contribution in [-0.2, 0) is 27.9 Å². The van der Waals surface area contributed by atoms with E-state index in [4.69, 9.17) is 13.8 Å². The van der Waals surface area contributed by atoms with Gasteiger partial charge < -0.3 is 19.4 Å². The minimum Gasteiger partial charge on any atom is -0.456 e. The Hall–Kier alpha value is -2.29. The fraction of sp³-hybridized carbons (Fsp3) is 0.844. The summed E-state index contributed by atoms with van der Waals surface area (Å²) in [6, 6.07) is -0.854. The molecule has 0 saturated heterocycles. The Morgan fingerprint density at radius 1 is 0.402 bits per heavy atom. The summed E-state index contributed by atoms with van der Waals surface area (Å²) in [6.07, 6.45) is 86.7. The van der Waals surface area contributed by atoms with Crippen LogP contribution < -0.4 is 5.32 Å². The topological polar surface area (TPSA) is 111 Å². The molecule has 0 fully saturated rings. The number of likely N-dealkylation sites (N-methyl/N-ethyl adjacent to an activating group) is 1. The molecule has 0 heterocycles. The normalized spacial score (nSPS) is 13.8. The van der Waals surface area contributed by atoms with Crippen LogP contribution in [-0.4, -0.2) is 74.3 Å². The molecule has 0 saturated carbocycles. The van der Waals surface area contributed by atoms with Crippen molar-refractivity contribution in [1.29, 1.82) is 0 Å². The molecule has 3 unspecified atom stereocenters. The third kappa shape index (κ3) is 67.9. The molecule has 0 aliphatic heterocycles. The predicted molar refractivity (Wildman–Crippen MR) is 378 cm³/mol. The molecule has 87 heavy (non-hydrogen) atoms. The molecule has 9 nitrogen and oxygen atoms in total. The molecule has 0 aliphatic rings. The molecule has 10 heteroatoms. The van der Waals surface area contributed by atoms with E-state index in [0.29, 0.717) is 23.9 Å². The monoisotopic (exact) mass is 1240 g/mol. The summed E-state index contributed by atoms with van der Waals surface area (Å²) >= 11 is 0. The average molecular weight is 1240 g/mol. The molecular formula is C77H146N2O7P+. The van der Waals surface area contributed by atoms with Crippen molar-refractivity contribution in [2.24, 2.45) is 0 Å². The van der Waals surface area contributed by atoms with Gasteiger partial charge in [-0.1, -0.05) is 319 Å². The number of ether oxygens (including phenoxy) is 1. The van der Waals surface area contributed by atoms with Gasteiger partial charge in [-0.3, -0.25) is 18.6 Å². The Morgan fingerprint density at radius 2 is 0.701 bits per heavy atom. The Balaban J connectivity index is 5.02. The highest BCUT2D eigenvalue weighted by Crippen LogP contribution is 2.43. The highest BCUT2D eigenvalue weighted by atomic mass is 31.2. The van der Waals surface area contributed by atoms with Gasteiger partial charge in [0.25, 0.3) is 0 Å². The zero-order valence-electron chi connectivity index (χ0n) is 58.5. The first-order valence-corrected chi connectivity index (χ1v) is 39.1. The number of nitrogens with one attached hydrogen (secondary N) is 1. The SMILES string of the molecule is CCCCC/C=C\C/C=C\C/C=C\CCCCCCCCCCC(=O)NC(COP(=O)(O)OCC[N+](C)(C)C)C(/C=C\CCCCCCCCCCCCC)OC(=O)CCCCCCCCCCCCCCCCCCC/C=C/CCCCCCCC. The number of hydrogen-bond donors (Lipinski definition) is 2. The summed E-state index contributed by atoms with van der Waals surface area (Å²) in [7, 11) is 1.50. The molecule has 0 rings (SSSR count). The minimum absolute atomic E-state index is 0.0390. The van der Waals surface area contributed by atoms with E-state index in [1.807, 2.05) is 33.3 Å². The van der Waals surface area contributed by atoms with Crippen LogP contribution in [0.4, 0.5) is 0 Å². The molecule has 0 spiro atoms. The van der Waals surface area contributed by atoms with Gasteiger partial charge >= 0.3 is 13.8 Å². The molecule has 0 aromatic carbocycles. The van der Waals surface area contributed by atoms with E-state index in [-0.39, 0.29) is 25.1 Å². The summed E-state index contributed by atoms with van der Waals surface area (Å²) in [5.41, 5.74) is 0. The van der Waals surface area contributed by atoms with Crippen LogP contribution in [0.1, 0.15) is 367 Å². The molecule has 3 atom stereocenters. The first-order chi connectivity index (χ1) is 42.4. The van der Waals surface area contributed by atoms with E-state index < -0.39 is 20.0 Å². The van der Waals surface area contributed by atoms with Gasteiger partial charge in [0.15, 0.2) is 0 Å². The Kier molecular flexibility index (Phi) is 64.9. The van der Waals surface area contributed by atoms with Gasteiger partial charge in [-0.25, -0.2) is 4.57 Å². The van der Waals surface area contributed by atoms with Crippen molar-refractivity contribution < 1.29 is 37.3 Å². The highest BCUT2D eigenvalue weighted by molar-refractivity contribution is 7.47. The van der Waals surface area contributed by atoms with Gasteiger partial charge in [0.1, 0.15) is 19.3 Å². The van der Waals surface area contributed by atoms with Crippen molar-refractivity contribution in [2.75, 3.05) is 40.9 Å². The lowest BCUT2D eigenvalue weighted by atomic mass is 10.0. The Morgan fingerprint density at radius 3 is 1.08 bits per heavy atom. The van der Waals surface area contributed by atoms with Crippen molar-refractivity contribution in [3.63, 3.8) is 0 Å². The van der Waals surface area contributed by atoms with Crippen LogP contribution in [0.15, 0.2) is 60.8 Å². The summed E-state index contributed by atoms with van der Waals surface area (Å²) in [4.78, 5) is 38.0. The van der Waals surface area contributed by atoms with E-state index in [1.54, 1.807) is 0 Å². The number of carbonyl (C=O) groups is 2. The third-order valence-corrected chi connectivity index (χ3v) is 17.9. The number of unbranched alkanes of at least 4 members (excludes halogenated alkanes) is 45. The lowest BCUT2D eigenvalue weighted by molar-refractivity contribution is -0.870. The minimum atomic E-state index is -4.46. The standard InChI is InChI=1S/C77H145N2O7P/c1-7-10-13-16-19-22-25-28-30-32-34-36-37-38-39-40-41-43-45-47-49-52-55-58-61-64-67-70-77(81)86-75(68-65-62-59-56-53-50-27-24-21-18-15-12-9-3)74(73-85-87(82,83)84-72-71-79(4,5)6)78-76(80)69-66-63-60-57-54-51-48-46-44-42-35-33-31-29-26-23-20-17-14-11-8-2/h20,23,28-31,35,42,65,68,74-75H,7-19,21-22,24-27,32-34,36-41,43-64,66-67,69-73H2,1-6H3,(H-,78,80,82,83)/p+1/b23-20-,30-28+,31-29-,42-35-,68-65-. The summed E-state index contributed by atoms with van der Waals surface area (Å²) in [5.74, 6) is -0.497. The van der Waals surface area contributed by atoms with Gasteiger partial charge in [-0.05, 0) is 96.0 Å². The largest absolute Gasteiger partial charge is 0.472 e. The molecule has 0 aromatic rings. The molecule has 510 valence electrons. The number of carbonyl (C=O) groups excluding carboxylic acids is 2. The molecule has 0 radical (unpaired) electrons. The number of nitrogens with zero attached hydrogens (tertiary/aromatic N) is 1. The molecule has 1 amide bonds. The number of allylic oxidation sites excluding steroid dienone is 9. The number of rotatable bonds is 69. The molecule has 2 N–H and O–H groups in total. The number of phosphoric ester groups is 1. The second-order valence-electron chi connectivity index (χ2n) is 26.8. The lowest BCUT2D eigenvalue weighted by Crippen LogP contribution is -2.47. The van der Waals surface area contributed by atoms with E-state index in [9.17, 15) is 19.0 Å². The molecule has 0 aromatic heterocycles. The van der Waals surface area contributed by atoms with E-state index >= 15 is 0 Å². The van der Waals surface area contributed by atoms with E-state index in [0.717, 1.165) is 83.5 Å². The maximum Gasteiger partial charge on any atom is 0.472 e. The van der Waals surface area contributed by atoms with Crippen molar-refractivity contribution >= 4 is 19.7 Å². The molecule has 0 aliphatic carbocycles. The van der Waals surface area contributed by atoms with Gasteiger partial charge in [0.05, 0.1) is 33.8 Å². The number of quaternary nitrogens is 1. The fourth-order valence-corrected chi connectivity index (χ4v) is 11.9. The third-order valence-electron chi connectivity index (χ3n) is 16.9. The van der Waals surface area contributed by atoms with Crippen molar-refractivity contribution in [2.45, 2.75) is 380 Å². The maximum absolute atomic E-state index is 13.6. The van der Waals surface area contributed by atoms with Crippen LogP contribution in [0.3, 0.4) is 0 Å². The van der Waals surface area contributed by atoms with E-state index in [2.05, 4.69) is 74.7 Å². The lowest BCUT2D eigenvalue weighted by Gasteiger charge is -2.27. The molecule has 0 bridgehead atoms. The van der Waals surface area contributed by atoms with Crippen LogP contribution >= 0.6 is 7.82 Å². The summed E-state index contributed by atoms with van der Waals surface area (Å²) in [5, 5.41) is 3.08. The predicted octanol–water partition coefficient (Wildman–Crippen LogP) is 24.1. The average Bonchev–Trinajstić information content (AvgIpc) is 3.69. The quantitative estimate of drug-likeness (QED) is 0.0205.